The van der Waals surface area contributed by atoms with Crippen LogP contribution in [-0.4, -0.2) is 71.8 Å². The smallest absolute Gasteiger partial charge is 0.222 e. The van der Waals surface area contributed by atoms with Crippen molar-refractivity contribution < 1.29 is 9.59 Å². The van der Waals surface area contributed by atoms with E-state index in [9.17, 15) is 9.59 Å². The zero-order valence-corrected chi connectivity index (χ0v) is 16.6. The number of nitrogens with zero attached hydrogens (tertiary/aromatic N) is 3. The predicted molar refractivity (Wildman–Crippen MR) is 104 cm³/mol. The largest absolute Gasteiger partial charge is 0.341 e. The highest BCUT2D eigenvalue weighted by Gasteiger charge is 2.30. The number of carbonyl (C=O) groups excluding carboxylic acids is 2. The Morgan fingerprint density at radius 2 is 1.65 bits per heavy atom. The summed E-state index contributed by atoms with van der Waals surface area (Å²) < 4.78 is 0. The van der Waals surface area contributed by atoms with Gasteiger partial charge in [-0.1, -0.05) is 19.3 Å². The molecular formula is C21H37N3O2. The summed E-state index contributed by atoms with van der Waals surface area (Å²) in [5.74, 6) is 1.09. The topological polar surface area (TPSA) is 43.9 Å². The van der Waals surface area contributed by atoms with E-state index in [1.54, 1.807) is 6.92 Å². The van der Waals surface area contributed by atoms with E-state index in [1.165, 1.54) is 58.0 Å². The fourth-order valence-electron chi connectivity index (χ4n) is 5.06. The van der Waals surface area contributed by atoms with Gasteiger partial charge in [-0.2, -0.15) is 0 Å². The summed E-state index contributed by atoms with van der Waals surface area (Å²) in [4.78, 5) is 31.6. The van der Waals surface area contributed by atoms with Gasteiger partial charge in [0.2, 0.25) is 11.8 Å². The molecule has 2 aliphatic heterocycles. The normalized spacial score (nSPS) is 25.4. The van der Waals surface area contributed by atoms with Gasteiger partial charge in [0.05, 0.1) is 0 Å². The van der Waals surface area contributed by atoms with Crippen molar-refractivity contribution in [3.05, 3.63) is 0 Å². The Bertz CT molecular complexity index is 470. The predicted octanol–water partition coefficient (Wildman–Crippen LogP) is 2.89. The molecule has 5 heteroatoms. The number of carbonyl (C=O) groups is 2. The molecule has 2 heterocycles. The first kappa shape index (κ1) is 19.7. The molecule has 3 fully saturated rings. The number of hydrogen-bond donors (Lipinski definition) is 0. The van der Waals surface area contributed by atoms with Crippen LogP contribution in [-0.2, 0) is 9.59 Å². The Hall–Kier alpha value is -1.10. The first-order chi connectivity index (χ1) is 12.6. The first-order valence-electron chi connectivity index (χ1n) is 10.9. The van der Waals surface area contributed by atoms with Gasteiger partial charge in [-0.3, -0.25) is 9.59 Å². The number of rotatable bonds is 6. The monoisotopic (exact) mass is 363 g/mol. The fraction of sp³-hybridized carbons (Fsp3) is 0.905. The van der Waals surface area contributed by atoms with E-state index in [0.717, 1.165) is 45.4 Å². The maximum Gasteiger partial charge on any atom is 0.222 e. The molecule has 1 saturated carbocycles. The zero-order chi connectivity index (χ0) is 18.4. The first-order valence-corrected chi connectivity index (χ1v) is 10.9. The maximum absolute atomic E-state index is 12.7. The summed E-state index contributed by atoms with van der Waals surface area (Å²) in [7, 11) is 0. The molecule has 0 spiro atoms. The Balaban J connectivity index is 1.50. The summed E-state index contributed by atoms with van der Waals surface area (Å²) >= 11 is 0. The highest BCUT2D eigenvalue weighted by molar-refractivity contribution is 5.77. The highest BCUT2D eigenvalue weighted by atomic mass is 16.2. The van der Waals surface area contributed by atoms with Crippen molar-refractivity contribution in [1.29, 1.82) is 0 Å². The van der Waals surface area contributed by atoms with E-state index in [2.05, 4.69) is 4.90 Å². The van der Waals surface area contributed by atoms with Crippen LogP contribution in [0.3, 0.4) is 0 Å². The molecule has 2 amide bonds. The molecule has 0 radical (unpaired) electrons. The Labute approximate surface area is 159 Å². The minimum Gasteiger partial charge on any atom is -0.341 e. The maximum atomic E-state index is 12.7. The number of piperidine rings is 2. The number of likely N-dealkylation sites (tertiary alicyclic amines) is 2. The highest BCUT2D eigenvalue weighted by Crippen LogP contribution is 2.29. The van der Waals surface area contributed by atoms with Gasteiger partial charge >= 0.3 is 0 Å². The molecule has 1 aliphatic carbocycles. The van der Waals surface area contributed by atoms with Crippen molar-refractivity contribution in [3.63, 3.8) is 0 Å². The molecule has 0 aromatic heterocycles. The van der Waals surface area contributed by atoms with Crippen LogP contribution in [0.5, 0.6) is 0 Å². The molecule has 148 valence electrons. The lowest BCUT2D eigenvalue weighted by atomic mass is 10.00. The molecule has 0 N–H and O–H groups in total. The van der Waals surface area contributed by atoms with Gasteiger partial charge in [-0.05, 0) is 57.5 Å². The number of hydrogen-bond acceptors (Lipinski definition) is 3. The van der Waals surface area contributed by atoms with E-state index >= 15 is 0 Å². The minimum absolute atomic E-state index is 0.164. The third-order valence-corrected chi connectivity index (χ3v) is 6.64. The third kappa shape index (κ3) is 5.45. The van der Waals surface area contributed by atoms with Crippen molar-refractivity contribution in [2.24, 2.45) is 5.92 Å². The Morgan fingerprint density at radius 3 is 2.35 bits per heavy atom. The van der Waals surface area contributed by atoms with Crippen LogP contribution in [0.2, 0.25) is 0 Å². The van der Waals surface area contributed by atoms with Crippen molar-refractivity contribution >= 4 is 11.8 Å². The van der Waals surface area contributed by atoms with Crippen LogP contribution in [0.15, 0.2) is 0 Å². The van der Waals surface area contributed by atoms with Crippen molar-refractivity contribution in [2.75, 3.05) is 39.3 Å². The van der Waals surface area contributed by atoms with Crippen molar-refractivity contribution in [3.8, 4) is 0 Å². The third-order valence-electron chi connectivity index (χ3n) is 6.64. The zero-order valence-electron chi connectivity index (χ0n) is 16.6. The number of amides is 2. The van der Waals surface area contributed by atoms with Crippen LogP contribution in [0.4, 0.5) is 0 Å². The quantitative estimate of drug-likeness (QED) is 0.729. The Morgan fingerprint density at radius 1 is 0.923 bits per heavy atom. The molecule has 2 saturated heterocycles. The van der Waals surface area contributed by atoms with E-state index in [-0.39, 0.29) is 11.9 Å². The summed E-state index contributed by atoms with van der Waals surface area (Å²) in [5.41, 5.74) is 0. The van der Waals surface area contributed by atoms with E-state index < -0.39 is 0 Å². The summed E-state index contributed by atoms with van der Waals surface area (Å²) in [6.45, 7) is 7.43. The molecule has 5 nitrogen and oxygen atoms in total. The second-order valence-corrected chi connectivity index (χ2v) is 8.61. The lowest BCUT2D eigenvalue weighted by molar-refractivity contribution is -0.139. The lowest BCUT2D eigenvalue weighted by Gasteiger charge is -2.40. The van der Waals surface area contributed by atoms with Gasteiger partial charge in [0.1, 0.15) is 0 Å². The van der Waals surface area contributed by atoms with Crippen LogP contribution in [0, 0.1) is 5.92 Å². The average molecular weight is 364 g/mol. The second kappa shape index (κ2) is 9.72. The van der Waals surface area contributed by atoms with Crippen molar-refractivity contribution in [1.82, 2.24) is 14.7 Å². The minimum atomic E-state index is 0.164. The van der Waals surface area contributed by atoms with E-state index in [0.29, 0.717) is 11.8 Å². The molecular weight excluding hydrogens is 326 g/mol. The van der Waals surface area contributed by atoms with Crippen LogP contribution in [0.25, 0.3) is 0 Å². The molecule has 0 bridgehead atoms. The van der Waals surface area contributed by atoms with E-state index in [4.69, 9.17) is 0 Å². The molecule has 1 atom stereocenters. The van der Waals surface area contributed by atoms with Crippen LogP contribution < -0.4 is 0 Å². The summed E-state index contributed by atoms with van der Waals surface area (Å²) in [6, 6.07) is 0.207. The van der Waals surface area contributed by atoms with Gasteiger partial charge in [0.15, 0.2) is 0 Å². The lowest BCUT2D eigenvalue weighted by Crippen LogP contribution is -2.53. The second-order valence-electron chi connectivity index (χ2n) is 8.61. The van der Waals surface area contributed by atoms with Gasteiger partial charge in [-0.25, -0.2) is 0 Å². The Kier molecular flexibility index (Phi) is 7.35. The average Bonchev–Trinajstić information content (AvgIpc) is 3.16. The molecule has 26 heavy (non-hydrogen) atoms. The van der Waals surface area contributed by atoms with Crippen LogP contribution in [0.1, 0.15) is 71.1 Å². The molecule has 0 aromatic carbocycles. The molecule has 3 aliphatic rings. The fourth-order valence-corrected chi connectivity index (χ4v) is 5.06. The van der Waals surface area contributed by atoms with Gasteiger partial charge < -0.3 is 14.7 Å². The van der Waals surface area contributed by atoms with Crippen LogP contribution >= 0.6 is 0 Å². The van der Waals surface area contributed by atoms with Gasteiger partial charge in [0, 0.05) is 45.6 Å². The van der Waals surface area contributed by atoms with E-state index in [1.807, 2.05) is 9.80 Å². The van der Waals surface area contributed by atoms with Gasteiger partial charge in [-0.15, -0.1) is 0 Å². The SMILES string of the molecule is CC(=O)N(CCN1CCCCC1)C1CCCN(C(=O)CC2CCCC2)C1. The van der Waals surface area contributed by atoms with Crippen molar-refractivity contribution in [2.45, 2.75) is 77.2 Å². The molecule has 1 unspecified atom stereocenters. The van der Waals surface area contributed by atoms with Gasteiger partial charge in [0.25, 0.3) is 0 Å². The standard InChI is InChI=1S/C21H37N3O2/c1-18(25)24(15-14-22-11-5-2-6-12-22)20-10-7-13-23(17-20)21(26)16-19-8-3-4-9-19/h19-20H,2-17H2,1H3. The molecule has 0 aromatic rings. The summed E-state index contributed by atoms with van der Waals surface area (Å²) in [6.07, 6.45) is 11.7. The summed E-state index contributed by atoms with van der Waals surface area (Å²) in [5, 5.41) is 0. The molecule has 3 rings (SSSR count).